The van der Waals surface area contributed by atoms with Crippen LogP contribution in [-0.4, -0.2) is 0 Å². The van der Waals surface area contributed by atoms with Gasteiger partial charge in [0.05, 0.1) is 0 Å². The Hall–Kier alpha value is -5.14. The van der Waals surface area contributed by atoms with Gasteiger partial charge in [-0.3, -0.25) is 0 Å². The van der Waals surface area contributed by atoms with Gasteiger partial charge in [0, 0.05) is 17.1 Å². The Morgan fingerprint density at radius 1 is 0.396 bits per heavy atom. The number of benzene rings is 7. The highest BCUT2D eigenvalue weighted by molar-refractivity contribution is 6.12. The third kappa shape index (κ3) is 5.19. The van der Waals surface area contributed by atoms with E-state index in [4.69, 9.17) is 0 Å². The van der Waals surface area contributed by atoms with Gasteiger partial charge in [0.25, 0.3) is 0 Å². The second-order valence-electron chi connectivity index (χ2n) is 15.6. The summed E-state index contributed by atoms with van der Waals surface area (Å²) in [6, 6.07) is 50.2. The van der Waals surface area contributed by atoms with Gasteiger partial charge in [0.2, 0.25) is 0 Å². The largest absolute Gasteiger partial charge is 0.310 e. The molecule has 1 aliphatic rings. The minimum Gasteiger partial charge on any atom is -0.310 e. The van der Waals surface area contributed by atoms with Crippen LogP contribution in [0.25, 0.3) is 54.9 Å². The van der Waals surface area contributed by atoms with Crippen molar-refractivity contribution in [3.8, 4) is 33.4 Å². The van der Waals surface area contributed by atoms with Crippen LogP contribution in [0.5, 0.6) is 0 Å². The Labute approximate surface area is 285 Å². The third-order valence-corrected chi connectivity index (χ3v) is 10.2. The van der Waals surface area contributed by atoms with Gasteiger partial charge in [-0.2, -0.15) is 0 Å². The zero-order chi connectivity index (χ0) is 33.4. The van der Waals surface area contributed by atoms with Crippen LogP contribution in [0, 0.1) is 6.92 Å². The maximum atomic E-state index is 2.42. The second kappa shape index (κ2) is 11.0. The maximum absolute atomic E-state index is 2.42. The van der Waals surface area contributed by atoms with Crippen molar-refractivity contribution < 1.29 is 0 Å². The molecule has 1 aliphatic carbocycles. The first kappa shape index (κ1) is 30.2. The first-order valence-electron chi connectivity index (χ1n) is 17.2. The fourth-order valence-corrected chi connectivity index (χ4v) is 7.25. The Balaban J connectivity index is 1.18. The number of anilines is 3. The molecule has 48 heavy (non-hydrogen) atoms. The lowest BCUT2D eigenvalue weighted by molar-refractivity contribution is 0.590. The molecule has 1 heteroatoms. The van der Waals surface area contributed by atoms with Gasteiger partial charge in [-0.15, -0.1) is 0 Å². The van der Waals surface area contributed by atoms with Crippen molar-refractivity contribution in [2.24, 2.45) is 0 Å². The van der Waals surface area contributed by atoms with Crippen molar-refractivity contribution >= 4 is 38.6 Å². The van der Waals surface area contributed by atoms with E-state index < -0.39 is 0 Å². The average molecular weight is 622 g/mol. The molecule has 0 unspecified atom stereocenters. The minimum atomic E-state index is 0.0654. The van der Waals surface area contributed by atoms with Crippen LogP contribution in [0.2, 0.25) is 0 Å². The normalized spacial score (nSPS) is 12.5. The standard InChI is InChI=1S/C47H43N/c1-30-11-8-9-14-45(30)48(39-13-10-12-38(29-39)47(5,6)7)40-22-19-34-26-42-43-27-35-23-32(31-17-20-37(21-18-31)46(2,3)4)15-16-33(35)25-41(43)44(42)28-36(34)24-40/h8-29H,1-7H3. The van der Waals surface area contributed by atoms with Gasteiger partial charge >= 0.3 is 0 Å². The molecule has 0 heterocycles. The molecule has 7 aromatic carbocycles. The van der Waals surface area contributed by atoms with Crippen LogP contribution < -0.4 is 4.90 Å². The molecule has 0 bridgehead atoms. The van der Waals surface area contributed by atoms with Gasteiger partial charge < -0.3 is 4.90 Å². The van der Waals surface area contributed by atoms with Crippen LogP contribution in [0.1, 0.15) is 58.2 Å². The Morgan fingerprint density at radius 2 is 0.938 bits per heavy atom. The molecular formula is C47H43N. The molecule has 0 aromatic heterocycles. The van der Waals surface area contributed by atoms with Gasteiger partial charge in [0.15, 0.2) is 0 Å². The van der Waals surface area contributed by atoms with Crippen LogP contribution in [0.4, 0.5) is 17.1 Å². The van der Waals surface area contributed by atoms with Gasteiger partial charge in [-0.1, -0.05) is 114 Å². The van der Waals surface area contributed by atoms with E-state index >= 15 is 0 Å². The molecule has 0 amide bonds. The predicted molar refractivity (Wildman–Crippen MR) is 208 cm³/mol. The number of hydrogen-bond acceptors (Lipinski definition) is 1. The Bertz CT molecular complexity index is 2360. The molecule has 0 saturated heterocycles. The Morgan fingerprint density at radius 3 is 1.56 bits per heavy atom. The van der Waals surface area contributed by atoms with Crippen molar-refractivity contribution in [3.63, 3.8) is 0 Å². The maximum Gasteiger partial charge on any atom is 0.0490 e. The number of hydrogen-bond donors (Lipinski definition) is 0. The second-order valence-corrected chi connectivity index (χ2v) is 15.6. The first-order chi connectivity index (χ1) is 22.9. The number of aryl methyl sites for hydroxylation is 1. The van der Waals surface area contributed by atoms with Crippen molar-refractivity contribution in [1.82, 2.24) is 0 Å². The summed E-state index contributed by atoms with van der Waals surface area (Å²) < 4.78 is 0. The van der Waals surface area contributed by atoms with E-state index in [2.05, 4.69) is 187 Å². The lowest BCUT2D eigenvalue weighted by atomic mass is 9.77. The SMILES string of the molecule is Cc1ccccc1N(c1cccc(C(C)(C)C)c1)c1ccc2cc3c(cc2c1)-c1cc2ccc(-c4ccc(C(C)(C)C)cc4)cc2cc1-3. The number of para-hydroxylation sites is 1. The zero-order valence-corrected chi connectivity index (χ0v) is 29.1. The quantitative estimate of drug-likeness (QED) is 0.189. The molecule has 0 spiro atoms. The molecule has 0 radical (unpaired) electrons. The highest BCUT2D eigenvalue weighted by Crippen LogP contribution is 2.51. The van der Waals surface area contributed by atoms with E-state index in [1.54, 1.807) is 0 Å². The summed E-state index contributed by atoms with van der Waals surface area (Å²) in [4.78, 5) is 2.42. The summed E-state index contributed by atoms with van der Waals surface area (Å²) in [6.07, 6.45) is 0. The van der Waals surface area contributed by atoms with Crippen LogP contribution in [-0.2, 0) is 10.8 Å². The molecule has 0 atom stereocenters. The lowest BCUT2D eigenvalue weighted by Crippen LogP contribution is -2.15. The van der Waals surface area contributed by atoms with E-state index in [0.29, 0.717) is 0 Å². The van der Waals surface area contributed by atoms with Crippen LogP contribution in [0.15, 0.2) is 133 Å². The average Bonchev–Trinajstić information content (AvgIpc) is 3.07. The van der Waals surface area contributed by atoms with Crippen molar-refractivity contribution in [3.05, 3.63) is 150 Å². The number of nitrogens with zero attached hydrogens (tertiary/aromatic N) is 1. The molecule has 0 saturated carbocycles. The monoisotopic (exact) mass is 621 g/mol. The highest BCUT2D eigenvalue weighted by Gasteiger charge is 2.25. The van der Waals surface area contributed by atoms with Crippen molar-refractivity contribution in [2.75, 3.05) is 4.90 Å². The molecule has 236 valence electrons. The molecule has 0 N–H and O–H groups in total. The van der Waals surface area contributed by atoms with Gasteiger partial charge in [-0.05, 0) is 150 Å². The lowest BCUT2D eigenvalue weighted by Gasteiger charge is -2.30. The van der Waals surface area contributed by atoms with E-state index in [9.17, 15) is 0 Å². The molecule has 8 rings (SSSR count). The topological polar surface area (TPSA) is 3.24 Å². The van der Waals surface area contributed by atoms with Crippen molar-refractivity contribution in [1.29, 1.82) is 0 Å². The summed E-state index contributed by atoms with van der Waals surface area (Å²) in [5.74, 6) is 0. The minimum absolute atomic E-state index is 0.0654. The zero-order valence-electron chi connectivity index (χ0n) is 29.1. The molecule has 0 aliphatic heterocycles. The number of rotatable bonds is 4. The van der Waals surface area contributed by atoms with E-state index in [1.165, 1.54) is 88.7 Å². The number of fused-ring (bicyclic) bond motifs is 6. The fraction of sp³-hybridized carbons (Fsp3) is 0.191. The van der Waals surface area contributed by atoms with E-state index in [0.717, 1.165) is 0 Å². The fourth-order valence-electron chi connectivity index (χ4n) is 7.25. The molecule has 7 aromatic rings. The predicted octanol–water partition coefficient (Wildman–Crippen LogP) is 13.7. The van der Waals surface area contributed by atoms with E-state index in [-0.39, 0.29) is 10.8 Å². The summed E-state index contributed by atoms with van der Waals surface area (Å²) in [5, 5.41) is 5.10. The summed E-state index contributed by atoms with van der Waals surface area (Å²) >= 11 is 0. The molecule has 1 nitrogen and oxygen atoms in total. The molecular weight excluding hydrogens is 579 g/mol. The van der Waals surface area contributed by atoms with Crippen LogP contribution >= 0.6 is 0 Å². The van der Waals surface area contributed by atoms with Gasteiger partial charge in [0.1, 0.15) is 0 Å². The summed E-state index contributed by atoms with van der Waals surface area (Å²) in [7, 11) is 0. The highest BCUT2D eigenvalue weighted by atomic mass is 15.1. The smallest absolute Gasteiger partial charge is 0.0490 e. The van der Waals surface area contributed by atoms with Crippen LogP contribution in [0.3, 0.4) is 0 Å². The van der Waals surface area contributed by atoms with Gasteiger partial charge in [-0.25, -0.2) is 0 Å². The first-order valence-corrected chi connectivity index (χ1v) is 17.2. The summed E-state index contributed by atoms with van der Waals surface area (Å²) in [5.41, 5.74) is 15.6. The third-order valence-electron chi connectivity index (χ3n) is 10.2. The Kier molecular flexibility index (Phi) is 6.90. The van der Waals surface area contributed by atoms with E-state index in [1.807, 2.05) is 0 Å². The summed E-state index contributed by atoms with van der Waals surface area (Å²) in [6.45, 7) is 15.8. The molecule has 0 fully saturated rings. The van der Waals surface area contributed by atoms with Crippen molar-refractivity contribution in [2.45, 2.75) is 59.3 Å².